The van der Waals surface area contributed by atoms with Gasteiger partial charge in [-0.15, -0.1) is 11.3 Å². The Morgan fingerprint density at radius 3 is 2.56 bits per heavy atom. The largest absolute Gasteiger partial charge is 0.326 e. The zero-order chi connectivity index (χ0) is 12.8. The van der Waals surface area contributed by atoms with E-state index < -0.39 is 0 Å². The standard InChI is InChI=1S/C14H19N3S/c1-17(9-6-12-4-7-16-8-5-12)11-14-3-2-13(10-15)18-14/h2-5,7-8H,6,9-11,15H2,1H3. The first-order chi connectivity index (χ1) is 8.78. The Hall–Kier alpha value is -1.23. The van der Waals surface area contributed by atoms with Gasteiger partial charge < -0.3 is 10.6 Å². The molecule has 18 heavy (non-hydrogen) atoms. The van der Waals surface area contributed by atoms with Crippen LogP contribution in [0.4, 0.5) is 0 Å². The zero-order valence-corrected chi connectivity index (χ0v) is 11.5. The van der Waals surface area contributed by atoms with Gasteiger partial charge in [0, 0.05) is 41.8 Å². The van der Waals surface area contributed by atoms with Crippen molar-refractivity contribution in [2.45, 2.75) is 19.5 Å². The first-order valence-electron chi connectivity index (χ1n) is 6.13. The molecule has 3 nitrogen and oxygen atoms in total. The van der Waals surface area contributed by atoms with Crippen LogP contribution in [-0.4, -0.2) is 23.5 Å². The molecule has 0 aliphatic rings. The Morgan fingerprint density at radius 2 is 1.89 bits per heavy atom. The highest BCUT2D eigenvalue weighted by Crippen LogP contribution is 2.17. The number of likely N-dealkylation sites (N-methyl/N-ethyl adjacent to an activating group) is 1. The molecule has 0 saturated heterocycles. The molecular weight excluding hydrogens is 242 g/mol. The number of hydrogen-bond acceptors (Lipinski definition) is 4. The van der Waals surface area contributed by atoms with Gasteiger partial charge in [-0.05, 0) is 43.3 Å². The van der Waals surface area contributed by atoms with E-state index in [0.29, 0.717) is 6.54 Å². The molecule has 2 N–H and O–H groups in total. The Bertz CT molecular complexity index is 467. The summed E-state index contributed by atoms with van der Waals surface area (Å²) >= 11 is 1.81. The second-order valence-corrected chi connectivity index (χ2v) is 5.67. The molecule has 0 fully saturated rings. The average molecular weight is 261 g/mol. The van der Waals surface area contributed by atoms with Crippen molar-refractivity contribution in [3.05, 3.63) is 52.0 Å². The summed E-state index contributed by atoms with van der Waals surface area (Å²) in [6.07, 6.45) is 4.76. The Kier molecular flexibility index (Phi) is 4.87. The van der Waals surface area contributed by atoms with Crippen LogP contribution in [0.15, 0.2) is 36.7 Å². The highest BCUT2D eigenvalue weighted by Gasteiger charge is 2.03. The number of nitrogens with zero attached hydrogens (tertiary/aromatic N) is 2. The van der Waals surface area contributed by atoms with Crippen molar-refractivity contribution in [2.24, 2.45) is 5.73 Å². The minimum atomic E-state index is 0.644. The summed E-state index contributed by atoms with van der Waals surface area (Å²) in [7, 11) is 2.16. The Labute approximate surface area is 112 Å². The summed E-state index contributed by atoms with van der Waals surface area (Å²) in [5.74, 6) is 0. The van der Waals surface area contributed by atoms with E-state index in [1.807, 2.05) is 12.4 Å². The Morgan fingerprint density at radius 1 is 1.17 bits per heavy atom. The van der Waals surface area contributed by atoms with Gasteiger partial charge in [-0.3, -0.25) is 4.98 Å². The predicted octanol–water partition coefficient (Wildman–Crippen LogP) is 2.28. The van der Waals surface area contributed by atoms with E-state index in [2.05, 4.69) is 41.2 Å². The van der Waals surface area contributed by atoms with E-state index >= 15 is 0 Å². The molecule has 2 rings (SSSR count). The number of aromatic nitrogens is 1. The molecule has 0 spiro atoms. The minimum Gasteiger partial charge on any atom is -0.326 e. The van der Waals surface area contributed by atoms with Crippen LogP contribution in [-0.2, 0) is 19.5 Å². The van der Waals surface area contributed by atoms with Crippen molar-refractivity contribution in [2.75, 3.05) is 13.6 Å². The fourth-order valence-corrected chi connectivity index (χ4v) is 2.81. The van der Waals surface area contributed by atoms with Crippen molar-refractivity contribution >= 4 is 11.3 Å². The molecule has 0 bridgehead atoms. The maximum atomic E-state index is 5.62. The number of pyridine rings is 1. The molecule has 0 aromatic carbocycles. The molecular formula is C14H19N3S. The van der Waals surface area contributed by atoms with Crippen molar-refractivity contribution in [3.63, 3.8) is 0 Å². The Balaban J connectivity index is 1.80. The van der Waals surface area contributed by atoms with Gasteiger partial charge >= 0.3 is 0 Å². The summed E-state index contributed by atoms with van der Waals surface area (Å²) in [5.41, 5.74) is 6.96. The van der Waals surface area contributed by atoms with E-state index in [1.165, 1.54) is 15.3 Å². The van der Waals surface area contributed by atoms with Crippen LogP contribution in [0.3, 0.4) is 0 Å². The van der Waals surface area contributed by atoms with Crippen LogP contribution in [0.25, 0.3) is 0 Å². The van der Waals surface area contributed by atoms with Crippen LogP contribution in [0.2, 0.25) is 0 Å². The molecule has 2 aromatic heterocycles. The van der Waals surface area contributed by atoms with E-state index in [1.54, 1.807) is 11.3 Å². The first-order valence-corrected chi connectivity index (χ1v) is 6.94. The molecule has 0 amide bonds. The topological polar surface area (TPSA) is 42.2 Å². The summed E-state index contributed by atoms with van der Waals surface area (Å²) < 4.78 is 0. The fraction of sp³-hybridized carbons (Fsp3) is 0.357. The van der Waals surface area contributed by atoms with Crippen LogP contribution in [0, 0.1) is 0 Å². The molecule has 0 radical (unpaired) electrons. The highest BCUT2D eigenvalue weighted by atomic mass is 32.1. The third kappa shape index (κ3) is 3.91. The SMILES string of the molecule is CN(CCc1ccncc1)Cc1ccc(CN)s1. The zero-order valence-electron chi connectivity index (χ0n) is 10.7. The second-order valence-electron chi connectivity index (χ2n) is 4.42. The lowest BCUT2D eigenvalue weighted by Gasteiger charge is -2.15. The van der Waals surface area contributed by atoms with Crippen molar-refractivity contribution in [1.29, 1.82) is 0 Å². The van der Waals surface area contributed by atoms with Gasteiger partial charge in [0.05, 0.1) is 0 Å². The second kappa shape index (κ2) is 6.64. The summed E-state index contributed by atoms with van der Waals surface area (Å²) in [5, 5.41) is 0. The van der Waals surface area contributed by atoms with Crippen molar-refractivity contribution in [1.82, 2.24) is 9.88 Å². The van der Waals surface area contributed by atoms with Gasteiger partial charge in [-0.2, -0.15) is 0 Å². The normalized spacial score (nSPS) is 11.1. The number of nitrogens with two attached hydrogens (primary N) is 1. The molecule has 0 saturated carbocycles. The van der Waals surface area contributed by atoms with Gasteiger partial charge in [0.1, 0.15) is 0 Å². The minimum absolute atomic E-state index is 0.644. The first kappa shape index (κ1) is 13.2. The van der Waals surface area contributed by atoms with Crippen molar-refractivity contribution in [3.8, 4) is 0 Å². The maximum Gasteiger partial charge on any atom is 0.0325 e. The predicted molar refractivity (Wildman–Crippen MR) is 76.5 cm³/mol. The van der Waals surface area contributed by atoms with Gasteiger partial charge in [-0.25, -0.2) is 0 Å². The molecule has 0 unspecified atom stereocenters. The lowest BCUT2D eigenvalue weighted by atomic mass is 10.2. The van der Waals surface area contributed by atoms with Crippen LogP contribution >= 0.6 is 11.3 Å². The van der Waals surface area contributed by atoms with Gasteiger partial charge in [0.25, 0.3) is 0 Å². The quantitative estimate of drug-likeness (QED) is 0.867. The van der Waals surface area contributed by atoms with E-state index in [9.17, 15) is 0 Å². The third-order valence-electron chi connectivity index (χ3n) is 2.88. The van der Waals surface area contributed by atoms with E-state index in [4.69, 9.17) is 5.73 Å². The lowest BCUT2D eigenvalue weighted by Crippen LogP contribution is -2.20. The number of thiophene rings is 1. The van der Waals surface area contributed by atoms with Crippen LogP contribution in [0.5, 0.6) is 0 Å². The van der Waals surface area contributed by atoms with Crippen LogP contribution in [0.1, 0.15) is 15.3 Å². The summed E-state index contributed by atoms with van der Waals surface area (Å²) in [6.45, 7) is 2.70. The molecule has 96 valence electrons. The van der Waals surface area contributed by atoms with Crippen molar-refractivity contribution < 1.29 is 0 Å². The molecule has 0 aliphatic heterocycles. The third-order valence-corrected chi connectivity index (χ3v) is 3.97. The fourth-order valence-electron chi connectivity index (χ4n) is 1.83. The molecule has 2 heterocycles. The lowest BCUT2D eigenvalue weighted by molar-refractivity contribution is 0.334. The van der Waals surface area contributed by atoms with Gasteiger partial charge in [0.2, 0.25) is 0 Å². The number of rotatable bonds is 6. The highest BCUT2D eigenvalue weighted by molar-refractivity contribution is 7.11. The van der Waals surface area contributed by atoms with Gasteiger partial charge in [-0.1, -0.05) is 0 Å². The summed E-state index contributed by atoms with van der Waals surface area (Å²) in [6, 6.07) is 8.45. The van der Waals surface area contributed by atoms with Crippen LogP contribution < -0.4 is 5.73 Å². The van der Waals surface area contributed by atoms with E-state index in [0.717, 1.165) is 19.5 Å². The molecule has 0 atom stereocenters. The molecule has 0 aliphatic carbocycles. The molecule has 4 heteroatoms. The molecule has 2 aromatic rings. The summed E-state index contributed by atoms with van der Waals surface area (Å²) in [4.78, 5) is 9.01. The maximum absolute atomic E-state index is 5.62. The average Bonchev–Trinajstić information content (AvgIpc) is 2.85. The monoisotopic (exact) mass is 261 g/mol. The van der Waals surface area contributed by atoms with Gasteiger partial charge in [0.15, 0.2) is 0 Å². The van der Waals surface area contributed by atoms with E-state index in [-0.39, 0.29) is 0 Å². The smallest absolute Gasteiger partial charge is 0.0325 e. The number of hydrogen-bond donors (Lipinski definition) is 1.